The van der Waals surface area contributed by atoms with Crippen LogP contribution < -0.4 is 4.90 Å². The summed E-state index contributed by atoms with van der Waals surface area (Å²) in [5.41, 5.74) is 5.95. The van der Waals surface area contributed by atoms with Crippen LogP contribution in [0.3, 0.4) is 0 Å². The van der Waals surface area contributed by atoms with Gasteiger partial charge in [0.2, 0.25) is 5.95 Å². The summed E-state index contributed by atoms with van der Waals surface area (Å²) in [5, 5.41) is 10.3. The minimum Gasteiger partial charge on any atom is -0.395 e. The van der Waals surface area contributed by atoms with Crippen molar-refractivity contribution in [2.45, 2.75) is 6.92 Å². The van der Waals surface area contributed by atoms with Gasteiger partial charge in [0.15, 0.2) is 0 Å². The largest absolute Gasteiger partial charge is 0.395 e. The lowest BCUT2D eigenvalue weighted by Gasteiger charge is -2.18. The number of hydrogen-bond donors (Lipinski definition) is 1. The molecule has 0 unspecified atom stereocenters. The van der Waals surface area contributed by atoms with Crippen molar-refractivity contribution in [1.29, 1.82) is 0 Å². The molecule has 0 aliphatic carbocycles. The molecule has 4 aromatic rings. The highest BCUT2D eigenvalue weighted by atomic mass is 16.3. The molecule has 5 heteroatoms. The molecule has 0 aliphatic heterocycles. The molecule has 0 atom stereocenters. The first kappa shape index (κ1) is 18.1. The Hall–Kier alpha value is -3.31. The molecule has 0 radical (unpaired) electrons. The van der Waals surface area contributed by atoms with Gasteiger partial charge in [-0.25, -0.2) is 9.97 Å². The van der Waals surface area contributed by atoms with Gasteiger partial charge in [0.1, 0.15) is 0 Å². The highest BCUT2D eigenvalue weighted by molar-refractivity contribution is 5.87. The van der Waals surface area contributed by atoms with E-state index in [4.69, 9.17) is 4.98 Å². The Bertz CT molecular complexity index is 1110. The van der Waals surface area contributed by atoms with E-state index in [1.807, 2.05) is 42.5 Å². The maximum absolute atomic E-state index is 9.24. The monoisotopic (exact) mass is 370 g/mol. The van der Waals surface area contributed by atoms with Crippen molar-refractivity contribution in [2.24, 2.45) is 0 Å². The van der Waals surface area contributed by atoms with Crippen molar-refractivity contribution in [3.8, 4) is 22.4 Å². The lowest BCUT2D eigenvalue weighted by molar-refractivity contribution is 0.303. The molecule has 5 nitrogen and oxygen atoms in total. The number of rotatable bonds is 5. The Morgan fingerprint density at radius 1 is 0.929 bits per heavy atom. The highest BCUT2D eigenvalue weighted by Crippen LogP contribution is 2.32. The average Bonchev–Trinajstić information content (AvgIpc) is 2.74. The zero-order valence-electron chi connectivity index (χ0n) is 16.0. The quantitative estimate of drug-likeness (QED) is 0.573. The van der Waals surface area contributed by atoms with Gasteiger partial charge >= 0.3 is 0 Å². The molecule has 0 bridgehead atoms. The molecule has 2 aromatic heterocycles. The highest BCUT2D eigenvalue weighted by Gasteiger charge is 2.14. The van der Waals surface area contributed by atoms with E-state index < -0.39 is 0 Å². The molecular weight excluding hydrogens is 348 g/mol. The third kappa shape index (κ3) is 3.57. The molecule has 0 aliphatic rings. The second kappa shape index (κ2) is 7.74. The van der Waals surface area contributed by atoms with Crippen molar-refractivity contribution < 1.29 is 5.11 Å². The minimum atomic E-state index is 0.0517. The Morgan fingerprint density at radius 2 is 1.71 bits per heavy atom. The summed E-state index contributed by atoms with van der Waals surface area (Å²) >= 11 is 0. The predicted molar refractivity (Wildman–Crippen MR) is 113 cm³/mol. The van der Waals surface area contributed by atoms with Gasteiger partial charge in [-0.1, -0.05) is 48.0 Å². The summed E-state index contributed by atoms with van der Waals surface area (Å²) in [4.78, 5) is 15.8. The Kier molecular flexibility index (Phi) is 5.00. The second-order valence-corrected chi connectivity index (χ2v) is 6.86. The Morgan fingerprint density at radius 3 is 2.50 bits per heavy atom. The SMILES string of the molecule is Cc1ccc(-c2nc(N(C)CCO)ncc2-c2cnc3ccccc3c2)cc1. The topological polar surface area (TPSA) is 62.1 Å². The molecule has 140 valence electrons. The van der Waals surface area contributed by atoms with Gasteiger partial charge in [0.05, 0.1) is 17.8 Å². The van der Waals surface area contributed by atoms with Crippen LogP contribution in [0, 0.1) is 6.92 Å². The number of aliphatic hydroxyl groups is 1. The summed E-state index contributed by atoms with van der Waals surface area (Å²) in [6.45, 7) is 2.60. The second-order valence-electron chi connectivity index (χ2n) is 6.86. The third-order valence-electron chi connectivity index (χ3n) is 4.78. The Balaban J connectivity index is 1.88. The van der Waals surface area contributed by atoms with E-state index in [0.29, 0.717) is 12.5 Å². The third-order valence-corrected chi connectivity index (χ3v) is 4.78. The van der Waals surface area contributed by atoms with Gasteiger partial charge in [-0.15, -0.1) is 0 Å². The molecule has 1 N–H and O–H groups in total. The molecule has 28 heavy (non-hydrogen) atoms. The van der Waals surface area contributed by atoms with Gasteiger partial charge in [-0.3, -0.25) is 4.98 Å². The summed E-state index contributed by atoms with van der Waals surface area (Å²) in [6, 6.07) is 18.5. The fraction of sp³-hybridized carbons (Fsp3) is 0.174. The number of fused-ring (bicyclic) bond motifs is 1. The van der Waals surface area contributed by atoms with E-state index in [0.717, 1.165) is 33.3 Å². The van der Waals surface area contributed by atoms with E-state index in [1.165, 1.54) is 5.56 Å². The molecular formula is C23H22N4O. The van der Waals surface area contributed by atoms with Gasteiger partial charge in [-0.05, 0) is 19.1 Å². The normalized spacial score (nSPS) is 11.0. The molecule has 0 spiro atoms. The predicted octanol–water partition coefficient (Wildman–Crippen LogP) is 4.10. The van der Waals surface area contributed by atoms with Crippen LogP contribution in [0.25, 0.3) is 33.3 Å². The van der Waals surface area contributed by atoms with Crippen LogP contribution in [-0.2, 0) is 0 Å². The molecule has 0 amide bonds. The van der Waals surface area contributed by atoms with E-state index in [9.17, 15) is 5.11 Å². The zero-order chi connectivity index (χ0) is 19.5. The summed E-state index contributed by atoms with van der Waals surface area (Å²) < 4.78 is 0. The van der Waals surface area contributed by atoms with Crippen LogP contribution in [0.2, 0.25) is 0 Å². The first-order valence-corrected chi connectivity index (χ1v) is 9.27. The van der Waals surface area contributed by atoms with Crippen LogP contribution in [0.1, 0.15) is 5.56 Å². The van der Waals surface area contributed by atoms with Gasteiger partial charge in [0, 0.05) is 48.1 Å². The fourth-order valence-corrected chi connectivity index (χ4v) is 3.17. The van der Waals surface area contributed by atoms with Gasteiger partial charge in [-0.2, -0.15) is 0 Å². The van der Waals surface area contributed by atoms with E-state index >= 15 is 0 Å². The van der Waals surface area contributed by atoms with Crippen LogP contribution in [0.15, 0.2) is 67.0 Å². The molecule has 2 heterocycles. The van der Waals surface area contributed by atoms with Crippen molar-refractivity contribution in [3.05, 3.63) is 72.6 Å². The number of aliphatic hydroxyl groups excluding tert-OH is 1. The maximum atomic E-state index is 9.24. The summed E-state index contributed by atoms with van der Waals surface area (Å²) in [7, 11) is 1.88. The van der Waals surface area contributed by atoms with E-state index in [1.54, 1.807) is 0 Å². The lowest BCUT2D eigenvalue weighted by atomic mass is 10.00. The molecule has 0 saturated heterocycles. The van der Waals surface area contributed by atoms with Crippen LogP contribution in [0.5, 0.6) is 0 Å². The molecule has 2 aromatic carbocycles. The van der Waals surface area contributed by atoms with Crippen molar-refractivity contribution in [2.75, 3.05) is 25.1 Å². The maximum Gasteiger partial charge on any atom is 0.225 e. The number of nitrogens with zero attached hydrogens (tertiary/aromatic N) is 4. The number of aromatic nitrogens is 3. The number of para-hydroxylation sites is 1. The number of pyridine rings is 1. The zero-order valence-corrected chi connectivity index (χ0v) is 16.0. The summed E-state index contributed by atoms with van der Waals surface area (Å²) in [5.74, 6) is 0.585. The minimum absolute atomic E-state index is 0.0517. The summed E-state index contributed by atoms with van der Waals surface area (Å²) in [6.07, 6.45) is 3.72. The van der Waals surface area contributed by atoms with Crippen LogP contribution >= 0.6 is 0 Å². The molecule has 0 saturated carbocycles. The number of likely N-dealkylation sites (N-methyl/N-ethyl adjacent to an activating group) is 1. The van der Waals surface area contributed by atoms with Crippen LogP contribution in [-0.4, -0.2) is 40.3 Å². The number of hydrogen-bond acceptors (Lipinski definition) is 5. The van der Waals surface area contributed by atoms with E-state index in [2.05, 4.69) is 53.3 Å². The number of anilines is 1. The molecule has 4 rings (SSSR count). The molecule has 0 fully saturated rings. The standard InChI is InChI=1S/C23H22N4O/c1-16-7-9-17(10-8-16)22-20(15-25-23(26-22)27(2)11-12-28)19-13-18-5-3-4-6-21(18)24-14-19/h3-10,13-15,28H,11-12H2,1-2H3. The smallest absolute Gasteiger partial charge is 0.225 e. The average molecular weight is 370 g/mol. The first-order chi connectivity index (χ1) is 13.7. The van der Waals surface area contributed by atoms with E-state index in [-0.39, 0.29) is 6.61 Å². The number of aryl methyl sites for hydroxylation is 1. The fourth-order valence-electron chi connectivity index (χ4n) is 3.17. The van der Waals surface area contributed by atoms with Crippen LogP contribution in [0.4, 0.5) is 5.95 Å². The Labute approximate surface area is 164 Å². The first-order valence-electron chi connectivity index (χ1n) is 9.27. The van der Waals surface area contributed by atoms with Gasteiger partial charge < -0.3 is 10.0 Å². The number of benzene rings is 2. The van der Waals surface area contributed by atoms with Gasteiger partial charge in [0.25, 0.3) is 0 Å². The lowest BCUT2D eigenvalue weighted by Crippen LogP contribution is -2.23. The van der Waals surface area contributed by atoms with Crippen molar-refractivity contribution >= 4 is 16.9 Å². The van der Waals surface area contributed by atoms with Crippen molar-refractivity contribution in [3.63, 3.8) is 0 Å². The van der Waals surface area contributed by atoms with Crippen molar-refractivity contribution in [1.82, 2.24) is 15.0 Å².